The summed E-state index contributed by atoms with van der Waals surface area (Å²) in [6.07, 6.45) is 0.104. The molecule has 0 saturated carbocycles. The zero-order chi connectivity index (χ0) is 13.5. The SMILES string of the molecule is CCOC(=O)C(=C=[N-])Cc1ccc([N+](=O)[O-])cc1. The molecule has 0 spiro atoms. The van der Waals surface area contributed by atoms with Gasteiger partial charge in [0, 0.05) is 18.6 Å². The highest BCUT2D eigenvalue weighted by atomic mass is 16.6. The van der Waals surface area contributed by atoms with Crippen molar-refractivity contribution in [3.05, 3.63) is 50.9 Å². The average Bonchev–Trinajstić information content (AvgIpc) is 2.36. The number of non-ortho nitro benzene ring substituents is 1. The van der Waals surface area contributed by atoms with E-state index in [0.717, 1.165) is 0 Å². The van der Waals surface area contributed by atoms with E-state index in [4.69, 9.17) is 10.1 Å². The molecule has 0 radical (unpaired) electrons. The minimum atomic E-state index is -0.654. The Balaban J connectivity index is 2.80. The molecule has 0 N–H and O–H groups in total. The lowest BCUT2D eigenvalue weighted by atomic mass is 10.1. The molecule has 94 valence electrons. The fourth-order valence-electron chi connectivity index (χ4n) is 1.32. The fourth-order valence-corrected chi connectivity index (χ4v) is 1.32. The molecule has 1 aromatic carbocycles. The van der Waals surface area contributed by atoms with Crippen molar-refractivity contribution in [3.8, 4) is 0 Å². The van der Waals surface area contributed by atoms with Crippen LogP contribution in [0.1, 0.15) is 12.5 Å². The molecule has 0 aliphatic rings. The third-order valence-electron chi connectivity index (χ3n) is 2.18. The topological polar surface area (TPSA) is 91.7 Å². The van der Waals surface area contributed by atoms with Crippen molar-refractivity contribution in [1.82, 2.24) is 0 Å². The molecule has 0 aliphatic carbocycles. The third kappa shape index (κ3) is 3.54. The van der Waals surface area contributed by atoms with Crippen LogP contribution in [0, 0.1) is 10.1 Å². The second-order valence-corrected chi connectivity index (χ2v) is 3.41. The Morgan fingerprint density at radius 3 is 2.50 bits per heavy atom. The summed E-state index contributed by atoms with van der Waals surface area (Å²) < 4.78 is 4.72. The number of hydrogen-bond acceptors (Lipinski definition) is 4. The highest BCUT2D eigenvalue weighted by Crippen LogP contribution is 2.14. The van der Waals surface area contributed by atoms with E-state index in [1.807, 2.05) is 0 Å². The number of ether oxygens (including phenoxy) is 1. The Kier molecular flexibility index (Phi) is 4.78. The first-order valence-electron chi connectivity index (χ1n) is 5.24. The van der Waals surface area contributed by atoms with Crippen molar-refractivity contribution in [2.24, 2.45) is 0 Å². The Morgan fingerprint density at radius 2 is 2.06 bits per heavy atom. The van der Waals surface area contributed by atoms with E-state index < -0.39 is 10.9 Å². The molecule has 6 nitrogen and oxygen atoms in total. The summed E-state index contributed by atoms with van der Waals surface area (Å²) in [7, 11) is 0. The number of benzene rings is 1. The maximum atomic E-state index is 11.4. The van der Waals surface area contributed by atoms with Gasteiger partial charge < -0.3 is 10.1 Å². The number of nitro groups is 1. The Bertz CT molecular complexity index is 501. The highest BCUT2D eigenvalue weighted by Gasteiger charge is 2.10. The summed E-state index contributed by atoms with van der Waals surface area (Å²) in [5, 5.41) is 19.3. The fraction of sp³-hybridized carbons (Fsp3) is 0.250. The smallest absolute Gasteiger partial charge is 0.340 e. The van der Waals surface area contributed by atoms with Crippen LogP contribution in [0.15, 0.2) is 29.8 Å². The normalized spacial score (nSPS) is 9.39. The van der Waals surface area contributed by atoms with E-state index >= 15 is 0 Å². The van der Waals surface area contributed by atoms with Gasteiger partial charge in [-0.3, -0.25) is 16.0 Å². The molecule has 0 aliphatic heterocycles. The lowest BCUT2D eigenvalue weighted by molar-refractivity contribution is -0.384. The summed E-state index contributed by atoms with van der Waals surface area (Å²) >= 11 is 0. The molecule has 0 heterocycles. The zero-order valence-electron chi connectivity index (χ0n) is 9.75. The van der Waals surface area contributed by atoms with E-state index in [0.29, 0.717) is 5.56 Å². The molecule has 0 atom stereocenters. The van der Waals surface area contributed by atoms with Gasteiger partial charge in [0.25, 0.3) is 5.69 Å². The first-order valence-corrected chi connectivity index (χ1v) is 5.24. The number of carbonyl (C=O) groups excluding carboxylic acids is 1. The van der Waals surface area contributed by atoms with Crippen LogP contribution in [-0.4, -0.2) is 23.4 Å². The first-order chi connectivity index (χ1) is 8.58. The Hall–Kier alpha value is -2.46. The maximum absolute atomic E-state index is 11.4. The van der Waals surface area contributed by atoms with Gasteiger partial charge in [0.2, 0.25) is 0 Å². The predicted octanol–water partition coefficient (Wildman–Crippen LogP) is 1.87. The molecule has 0 aromatic heterocycles. The number of nitrogens with zero attached hydrogens (tertiary/aromatic N) is 2. The lowest BCUT2D eigenvalue weighted by Gasteiger charge is -2.06. The third-order valence-corrected chi connectivity index (χ3v) is 2.18. The molecular weight excluding hydrogens is 236 g/mol. The summed E-state index contributed by atoms with van der Waals surface area (Å²) in [5.41, 5.74) is 0.587. The molecule has 1 rings (SSSR count). The van der Waals surface area contributed by atoms with E-state index in [9.17, 15) is 14.9 Å². The summed E-state index contributed by atoms with van der Waals surface area (Å²) in [5.74, 6) is 1.13. The summed E-state index contributed by atoms with van der Waals surface area (Å²) in [4.78, 5) is 21.3. The number of carbonyl (C=O) groups is 1. The van der Waals surface area contributed by atoms with Crippen molar-refractivity contribution < 1.29 is 14.5 Å². The van der Waals surface area contributed by atoms with Crippen LogP contribution in [0.4, 0.5) is 5.69 Å². The average molecular weight is 247 g/mol. The molecule has 1 aromatic rings. The van der Waals surface area contributed by atoms with Gasteiger partial charge in [0.1, 0.15) is 0 Å². The summed E-state index contributed by atoms with van der Waals surface area (Å²) in [6.45, 7) is 1.85. The number of esters is 1. The highest BCUT2D eigenvalue weighted by molar-refractivity contribution is 5.98. The van der Waals surface area contributed by atoms with E-state index in [-0.39, 0.29) is 24.3 Å². The van der Waals surface area contributed by atoms with Crippen LogP contribution in [0.3, 0.4) is 0 Å². The van der Waals surface area contributed by atoms with E-state index in [1.54, 1.807) is 12.8 Å². The van der Waals surface area contributed by atoms with Gasteiger partial charge in [-0.1, -0.05) is 12.1 Å². The molecule has 0 amide bonds. The quantitative estimate of drug-likeness (QED) is 0.261. The maximum Gasteiger partial charge on any atom is 0.340 e. The van der Waals surface area contributed by atoms with Gasteiger partial charge in [-0.15, -0.1) is 0 Å². The second-order valence-electron chi connectivity index (χ2n) is 3.41. The molecule has 18 heavy (non-hydrogen) atoms. The van der Waals surface area contributed by atoms with Crippen LogP contribution < -0.4 is 0 Å². The lowest BCUT2D eigenvalue weighted by Crippen LogP contribution is -2.10. The van der Waals surface area contributed by atoms with Crippen LogP contribution in [0.2, 0.25) is 0 Å². The monoisotopic (exact) mass is 247 g/mol. The van der Waals surface area contributed by atoms with Crippen molar-refractivity contribution in [1.29, 1.82) is 0 Å². The van der Waals surface area contributed by atoms with Gasteiger partial charge in [-0.05, 0) is 12.5 Å². The zero-order valence-corrected chi connectivity index (χ0v) is 9.75. The molecular formula is C12H11N2O4-. The van der Waals surface area contributed by atoms with Gasteiger partial charge >= 0.3 is 5.97 Å². The van der Waals surface area contributed by atoms with Gasteiger partial charge in [-0.2, -0.15) is 0 Å². The van der Waals surface area contributed by atoms with Crippen molar-refractivity contribution in [3.63, 3.8) is 0 Å². The number of rotatable bonds is 5. The molecule has 0 saturated heterocycles. The van der Waals surface area contributed by atoms with Crippen LogP contribution >= 0.6 is 0 Å². The van der Waals surface area contributed by atoms with Crippen molar-refractivity contribution in [2.45, 2.75) is 13.3 Å². The van der Waals surface area contributed by atoms with Gasteiger partial charge in [0.05, 0.1) is 17.1 Å². The van der Waals surface area contributed by atoms with E-state index in [2.05, 4.69) is 0 Å². The Morgan fingerprint density at radius 1 is 1.44 bits per heavy atom. The second kappa shape index (κ2) is 6.32. The van der Waals surface area contributed by atoms with Crippen LogP contribution in [-0.2, 0) is 16.0 Å². The molecule has 0 unspecified atom stereocenters. The van der Waals surface area contributed by atoms with Gasteiger partial charge in [0.15, 0.2) is 0 Å². The standard InChI is InChI=1S/C12H11N2O4/c1-2-18-12(15)10(8-13)7-9-3-5-11(6-4-9)14(16)17/h3-6H,2,7H2,1H3/q-1. The number of nitro benzene ring substituents is 1. The largest absolute Gasteiger partial charge is 0.763 e. The predicted molar refractivity (Wildman–Crippen MR) is 65.3 cm³/mol. The van der Waals surface area contributed by atoms with E-state index in [1.165, 1.54) is 24.3 Å². The van der Waals surface area contributed by atoms with Gasteiger partial charge in [-0.25, -0.2) is 4.79 Å². The number of hydrogen-bond donors (Lipinski definition) is 0. The van der Waals surface area contributed by atoms with Crippen molar-refractivity contribution >= 4 is 17.5 Å². The molecule has 0 fully saturated rings. The van der Waals surface area contributed by atoms with Crippen LogP contribution in [0.25, 0.3) is 5.41 Å². The minimum Gasteiger partial charge on any atom is -0.763 e. The molecule has 0 bridgehead atoms. The minimum absolute atomic E-state index is 0.0225. The Labute approximate surface area is 104 Å². The first kappa shape index (κ1) is 13.6. The van der Waals surface area contributed by atoms with Crippen LogP contribution in [0.5, 0.6) is 0 Å². The molecule has 6 heteroatoms. The summed E-state index contributed by atoms with van der Waals surface area (Å²) in [6, 6.07) is 5.67. The van der Waals surface area contributed by atoms with Crippen molar-refractivity contribution in [2.75, 3.05) is 6.61 Å².